The van der Waals surface area contributed by atoms with Crippen LogP contribution in [0.15, 0.2) is 0 Å². The molecular weight excluding hydrogens is 160 g/mol. The number of esters is 1. The lowest BCUT2D eigenvalue weighted by atomic mass is 10.4. The van der Waals surface area contributed by atoms with Crippen LogP contribution in [0.2, 0.25) is 0 Å². The summed E-state index contributed by atoms with van der Waals surface area (Å²) in [6.07, 6.45) is -1.10. The van der Waals surface area contributed by atoms with Crippen LogP contribution < -0.4 is 0 Å². The number of hydrogen-bond acceptors (Lipinski definition) is 5. The minimum Gasteiger partial charge on any atom is -0.463 e. The van der Waals surface area contributed by atoms with E-state index in [4.69, 9.17) is 10.1 Å². The molecule has 1 atom stereocenters. The quantitative estimate of drug-likeness (QED) is 0.427. The smallest absolute Gasteiger partial charge is 0.352 e. The third-order valence-electron chi connectivity index (χ3n) is 1.28. The molecule has 0 aromatic rings. The minimum absolute atomic E-state index is 0.264. The summed E-state index contributed by atoms with van der Waals surface area (Å²) in [6, 6.07) is 1.72. The zero-order valence-electron chi connectivity index (χ0n) is 6.82. The molecule has 0 amide bonds. The summed E-state index contributed by atoms with van der Waals surface area (Å²) in [5.41, 5.74) is 0. The third kappa shape index (κ3) is 2.49. The van der Waals surface area contributed by atoms with Crippen molar-refractivity contribution < 1.29 is 14.4 Å². The van der Waals surface area contributed by atoms with Gasteiger partial charge in [-0.25, -0.2) is 4.79 Å². The number of rotatable bonds is 4. The molecule has 0 radical (unpaired) electrons. The molecule has 1 aliphatic rings. The topological polar surface area (TPSA) is 62.3 Å². The molecule has 0 aromatic carbocycles. The first-order chi connectivity index (χ1) is 5.77. The molecule has 0 aliphatic carbocycles. The molecule has 1 fully saturated rings. The summed E-state index contributed by atoms with van der Waals surface area (Å²) in [4.78, 5) is 15.9. The van der Waals surface area contributed by atoms with Crippen molar-refractivity contribution in [3.8, 4) is 6.07 Å². The third-order valence-corrected chi connectivity index (χ3v) is 1.28. The summed E-state index contributed by atoms with van der Waals surface area (Å²) in [7, 11) is 0. The highest BCUT2D eigenvalue weighted by Crippen LogP contribution is 2.08. The molecule has 1 heterocycles. The van der Waals surface area contributed by atoms with Crippen LogP contribution in [0.5, 0.6) is 0 Å². The fraction of sp³-hybridized carbons (Fsp3) is 0.714. The maximum Gasteiger partial charge on any atom is 0.352 e. The Morgan fingerprint density at radius 3 is 2.83 bits per heavy atom. The Balaban J connectivity index is 2.32. The van der Waals surface area contributed by atoms with E-state index in [0.717, 1.165) is 13.1 Å². The minimum atomic E-state index is -1.10. The first kappa shape index (κ1) is 8.97. The Morgan fingerprint density at radius 2 is 2.42 bits per heavy atom. The molecule has 0 aromatic heterocycles. The van der Waals surface area contributed by atoms with Gasteiger partial charge in [-0.3, -0.25) is 4.84 Å². The Morgan fingerprint density at radius 1 is 1.75 bits per heavy atom. The van der Waals surface area contributed by atoms with Crippen molar-refractivity contribution in [3.05, 3.63) is 0 Å². The molecule has 0 N–H and O–H groups in total. The second-order valence-corrected chi connectivity index (χ2v) is 2.30. The van der Waals surface area contributed by atoms with Crippen LogP contribution in [-0.4, -0.2) is 36.8 Å². The molecule has 1 unspecified atom stereocenters. The van der Waals surface area contributed by atoms with E-state index in [-0.39, 0.29) is 6.61 Å². The van der Waals surface area contributed by atoms with Gasteiger partial charge in [0.25, 0.3) is 6.10 Å². The van der Waals surface area contributed by atoms with Crippen molar-refractivity contribution in [2.45, 2.75) is 13.0 Å². The van der Waals surface area contributed by atoms with Gasteiger partial charge in [-0.1, -0.05) is 0 Å². The van der Waals surface area contributed by atoms with Crippen LogP contribution in [0.4, 0.5) is 0 Å². The van der Waals surface area contributed by atoms with E-state index in [1.165, 1.54) is 5.06 Å². The number of ether oxygens (including phenoxy) is 1. The lowest BCUT2D eigenvalue weighted by Gasteiger charge is -2.08. The maximum atomic E-state index is 10.9. The zero-order chi connectivity index (χ0) is 8.97. The van der Waals surface area contributed by atoms with Crippen molar-refractivity contribution in [1.29, 1.82) is 5.26 Å². The van der Waals surface area contributed by atoms with Gasteiger partial charge in [-0.05, 0) is 6.92 Å². The van der Waals surface area contributed by atoms with Gasteiger partial charge in [0, 0.05) is 13.1 Å². The van der Waals surface area contributed by atoms with E-state index in [9.17, 15) is 4.79 Å². The highest BCUT2D eigenvalue weighted by atomic mass is 16.7. The summed E-state index contributed by atoms with van der Waals surface area (Å²) in [5, 5.41) is 10.0. The van der Waals surface area contributed by atoms with Crippen molar-refractivity contribution >= 4 is 5.97 Å². The van der Waals surface area contributed by atoms with Gasteiger partial charge in [-0.15, -0.1) is 0 Å². The second-order valence-electron chi connectivity index (χ2n) is 2.30. The molecule has 5 heteroatoms. The standard InChI is InChI=1S/C7H10N2O3/c1-2-11-7(10)6(5-8)12-9-3-4-9/h6H,2-4H2,1H3. The largest absolute Gasteiger partial charge is 0.463 e. The summed E-state index contributed by atoms with van der Waals surface area (Å²) < 4.78 is 4.61. The van der Waals surface area contributed by atoms with E-state index in [2.05, 4.69) is 4.74 Å². The van der Waals surface area contributed by atoms with E-state index < -0.39 is 12.1 Å². The second kappa shape index (κ2) is 4.04. The van der Waals surface area contributed by atoms with Crippen LogP contribution in [0.3, 0.4) is 0 Å². The molecule has 1 rings (SSSR count). The number of hydrogen-bond donors (Lipinski definition) is 0. The van der Waals surface area contributed by atoms with Crippen molar-refractivity contribution in [1.82, 2.24) is 5.06 Å². The Bertz CT molecular complexity index is 207. The molecule has 5 nitrogen and oxygen atoms in total. The van der Waals surface area contributed by atoms with E-state index in [1.807, 2.05) is 0 Å². The predicted octanol–water partition coefficient (Wildman–Crippen LogP) is -0.311. The van der Waals surface area contributed by atoms with E-state index in [1.54, 1.807) is 13.0 Å². The summed E-state index contributed by atoms with van der Waals surface area (Å²) in [6.45, 7) is 3.50. The Labute approximate surface area is 70.4 Å². The van der Waals surface area contributed by atoms with Gasteiger partial charge in [0.15, 0.2) is 0 Å². The number of hydroxylamine groups is 2. The number of carbonyl (C=O) groups is 1. The molecule has 0 bridgehead atoms. The Hall–Kier alpha value is -1.12. The van der Waals surface area contributed by atoms with Gasteiger partial charge < -0.3 is 4.74 Å². The fourth-order valence-electron chi connectivity index (χ4n) is 0.633. The number of carbonyl (C=O) groups excluding carboxylic acids is 1. The summed E-state index contributed by atoms with van der Waals surface area (Å²) >= 11 is 0. The zero-order valence-corrected chi connectivity index (χ0v) is 6.82. The van der Waals surface area contributed by atoms with E-state index in [0.29, 0.717) is 0 Å². The van der Waals surface area contributed by atoms with Gasteiger partial charge >= 0.3 is 5.97 Å². The summed E-state index contributed by atoms with van der Waals surface area (Å²) in [5.74, 6) is -0.619. The highest BCUT2D eigenvalue weighted by Gasteiger charge is 2.28. The van der Waals surface area contributed by atoms with Crippen molar-refractivity contribution in [2.75, 3.05) is 19.7 Å². The van der Waals surface area contributed by atoms with Crippen molar-refractivity contribution in [3.63, 3.8) is 0 Å². The van der Waals surface area contributed by atoms with Gasteiger partial charge in [0.1, 0.15) is 6.07 Å². The van der Waals surface area contributed by atoms with Crippen LogP contribution in [0.1, 0.15) is 6.92 Å². The Kier molecular flexibility index (Phi) is 3.02. The van der Waals surface area contributed by atoms with Crippen LogP contribution >= 0.6 is 0 Å². The number of nitrogens with zero attached hydrogens (tertiary/aromatic N) is 2. The van der Waals surface area contributed by atoms with Gasteiger partial charge in [0.05, 0.1) is 6.61 Å². The lowest BCUT2D eigenvalue weighted by Crippen LogP contribution is -2.27. The average Bonchev–Trinajstić information content (AvgIpc) is 2.84. The molecule has 66 valence electrons. The maximum absolute atomic E-state index is 10.9. The molecule has 0 saturated carbocycles. The van der Waals surface area contributed by atoms with Gasteiger partial charge in [0.2, 0.25) is 0 Å². The number of nitriles is 1. The normalized spacial score (nSPS) is 18.0. The first-order valence-electron chi connectivity index (χ1n) is 3.76. The lowest BCUT2D eigenvalue weighted by molar-refractivity contribution is -0.169. The van der Waals surface area contributed by atoms with Crippen molar-refractivity contribution in [2.24, 2.45) is 0 Å². The monoisotopic (exact) mass is 170 g/mol. The predicted molar refractivity (Wildman–Crippen MR) is 38.7 cm³/mol. The fourth-order valence-corrected chi connectivity index (χ4v) is 0.633. The first-order valence-corrected chi connectivity index (χ1v) is 3.76. The van der Waals surface area contributed by atoms with Crippen LogP contribution in [0.25, 0.3) is 0 Å². The molecule has 1 aliphatic heterocycles. The SMILES string of the molecule is CCOC(=O)C(C#N)ON1CC1. The van der Waals surface area contributed by atoms with Crippen LogP contribution in [0, 0.1) is 11.3 Å². The molecular formula is C7H10N2O3. The molecule has 0 spiro atoms. The van der Waals surface area contributed by atoms with Crippen LogP contribution in [-0.2, 0) is 14.4 Å². The average molecular weight is 170 g/mol. The van der Waals surface area contributed by atoms with Gasteiger partial charge in [-0.2, -0.15) is 10.3 Å². The van der Waals surface area contributed by atoms with E-state index >= 15 is 0 Å². The highest BCUT2D eigenvalue weighted by molar-refractivity contribution is 5.77. The molecule has 12 heavy (non-hydrogen) atoms. The molecule has 1 saturated heterocycles.